The first kappa shape index (κ1) is 21.3. The van der Waals surface area contributed by atoms with Crippen LogP contribution in [0.2, 0.25) is 5.02 Å². The number of hydrogen-bond donors (Lipinski definition) is 0. The Labute approximate surface area is 187 Å². The monoisotopic (exact) mass is 445 g/mol. The third-order valence-corrected chi connectivity index (χ3v) is 7.22. The number of benzene rings is 1. The molecule has 1 aromatic carbocycles. The lowest BCUT2D eigenvalue weighted by Crippen LogP contribution is -2.49. The fraction of sp³-hybridized carbons (Fsp3) is 0.478. The summed E-state index contributed by atoms with van der Waals surface area (Å²) in [5, 5.41) is 0.624. The molecule has 0 unspecified atom stereocenters. The van der Waals surface area contributed by atoms with Gasteiger partial charge in [0.1, 0.15) is 0 Å². The van der Waals surface area contributed by atoms with E-state index < -0.39 is 0 Å². The molecule has 2 aromatic rings. The molecule has 0 aliphatic carbocycles. The van der Waals surface area contributed by atoms with E-state index in [0.29, 0.717) is 29.6 Å². The van der Waals surface area contributed by atoms with E-state index in [-0.39, 0.29) is 11.8 Å². The number of piperazine rings is 1. The first-order chi connectivity index (χ1) is 14.4. The lowest BCUT2D eigenvalue weighted by atomic mass is 10.1. The van der Waals surface area contributed by atoms with Crippen LogP contribution in [-0.4, -0.2) is 65.8 Å². The third kappa shape index (κ3) is 4.71. The zero-order chi connectivity index (χ0) is 21.3. The summed E-state index contributed by atoms with van der Waals surface area (Å²) in [4.78, 5) is 34.2. The molecular formula is C23H28ClN3O2S. The number of carbonyl (C=O) groups is 2. The van der Waals surface area contributed by atoms with Crippen LogP contribution in [0.4, 0.5) is 0 Å². The second-order valence-corrected chi connectivity index (χ2v) is 10.1. The maximum absolute atomic E-state index is 13.0. The zero-order valence-electron chi connectivity index (χ0n) is 17.6. The molecule has 0 radical (unpaired) electrons. The van der Waals surface area contributed by atoms with E-state index >= 15 is 0 Å². The van der Waals surface area contributed by atoms with Crippen molar-refractivity contribution in [3.8, 4) is 0 Å². The predicted molar refractivity (Wildman–Crippen MR) is 121 cm³/mol. The number of thiophene rings is 1. The average Bonchev–Trinajstić information content (AvgIpc) is 3.17. The van der Waals surface area contributed by atoms with Gasteiger partial charge in [-0.1, -0.05) is 25.4 Å². The van der Waals surface area contributed by atoms with Crippen LogP contribution in [0.5, 0.6) is 0 Å². The van der Waals surface area contributed by atoms with Crippen molar-refractivity contribution in [1.29, 1.82) is 0 Å². The van der Waals surface area contributed by atoms with Gasteiger partial charge in [-0.15, -0.1) is 11.3 Å². The minimum absolute atomic E-state index is 0.0117. The molecule has 5 nitrogen and oxygen atoms in total. The topological polar surface area (TPSA) is 43.9 Å². The molecule has 160 valence electrons. The van der Waals surface area contributed by atoms with Gasteiger partial charge in [-0.2, -0.15) is 0 Å². The maximum Gasteiger partial charge on any atom is 0.264 e. The summed E-state index contributed by atoms with van der Waals surface area (Å²) < 4.78 is 0. The normalized spacial score (nSPS) is 17.3. The molecule has 7 heteroatoms. The second kappa shape index (κ2) is 9.08. The molecule has 1 saturated heterocycles. The summed E-state index contributed by atoms with van der Waals surface area (Å²) >= 11 is 7.53. The van der Waals surface area contributed by atoms with E-state index in [4.69, 9.17) is 11.6 Å². The molecule has 0 spiro atoms. The molecule has 1 fully saturated rings. The number of halogens is 1. The van der Waals surface area contributed by atoms with E-state index in [2.05, 4.69) is 18.7 Å². The smallest absolute Gasteiger partial charge is 0.264 e. The quantitative estimate of drug-likeness (QED) is 0.714. The molecule has 2 amide bonds. The molecule has 4 rings (SSSR count). The van der Waals surface area contributed by atoms with Crippen LogP contribution in [0.3, 0.4) is 0 Å². The van der Waals surface area contributed by atoms with Gasteiger partial charge in [0.25, 0.3) is 11.8 Å². The fourth-order valence-corrected chi connectivity index (χ4v) is 5.45. The van der Waals surface area contributed by atoms with Crippen LogP contribution in [0.25, 0.3) is 0 Å². The molecule has 30 heavy (non-hydrogen) atoms. The molecule has 0 atom stereocenters. The molecule has 2 aliphatic heterocycles. The highest BCUT2D eigenvalue weighted by atomic mass is 35.5. The maximum atomic E-state index is 13.0. The van der Waals surface area contributed by atoms with Crippen molar-refractivity contribution in [3.63, 3.8) is 0 Å². The largest absolute Gasteiger partial charge is 0.335 e. The Hall–Kier alpha value is -1.89. The third-order valence-electron chi connectivity index (χ3n) is 5.74. The second-order valence-electron chi connectivity index (χ2n) is 8.53. The number of fused-ring (bicyclic) bond motifs is 1. The van der Waals surface area contributed by atoms with Crippen molar-refractivity contribution in [2.45, 2.75) is 26.8 Å². The van der Waals surface area contributed by atoms with Gasteiger partial charge in [0.2, 0.25) is 0 Å². The first-order valence-corrected chi connectivity index (χ1v) is 11.8. The summed E-state index contributed by atoms with van der Waals surface area (Å²) in [5.41, 5.74) is 1.75. The lowest BCUT2D eigenvalue weighted by molar-refractivity contribution is 0.0628. The zero-order valence-corrected chi connectivity index (χ0v) is 19.1. The van der Waals surface area contributed by atoms with Crippen molar-refractivity contribution in [1.82, 2.24) is 14.7 Å². The SMILES string of the molecule is CC(C)CN1CCN(C(=O)c2cc3c(s2)CCN(C(=O)c2ccc(Cl)cc2)C3)CC1. The Morgan fingerprint density at radius 1 is 1.00 bits per heavy atom. The van der Waals surface area contributed by atoms with Crippen molar-refractivity contribution >= 4 is 34.8 Å². The van der Waals surface area contributed by atoms with Gasteiger partial charge in [-0.3, -0.25) is 14.5 Å². The minimum atomic E-state index is 0.0117. The van der Waals surface area contributed by atoms with Gasteiger partial charge in [-0.05, 0) is 48.2 Å². The summed E-state index contributed by atoms with van der Waals surface area (Å²) in [5.74, 6) is 0.793. The van der Waals surface area contributed by atoms with Crippen molar-refractivity contribution in [2.24, 2.45) is 5.92 Å². The standard InChI is InChI=1S/C23H28ClN3O2S/c1-16(2)14-25-9-11-26(12-10-25)23(29)21-13-18-15-27(8-7-20(18)30-21)22(28)17-3-5-19(24)6-4-17/h3-6,13,16H,7-12,14-15H2,1-2H3. The van der Waals surface area contributed by atoms with Gasteiger partial charge in [-0.25, -0.2) is 0 Å². The van der Waals surface area contributed by atoms with Crippen LogP contribution in [-0.2, 0) is 13.0 Å². The molecule has 2 aliphatic rings. The van der Waals surface area contributed by atoms with E-state index in [1.165, 1.54) is 4.88 Å². The number of rotatable bonds is 4. The van der Waals surface area contributed by atoms with Gasteiger partial charge in [0, 0.05) is 61.3 Å². The van der Waals surface area contributed by atoms with Gasteiger partial charge < -0.3 is 9.80 Å². The molecule has 0 bridgehead atoms. The molecule has 1 aromatic heterocycles. The lowest BCUT2D eigenvalue weighted by Gasteiger charge is -2.35. The Morgan fingerprint density at radius 2 is 1.70 bits per heavy atom. The van der Waals surface area contributed by atoms with Crippen LogP contribution >= 0.6 is 22.9 Å². The highest BCUT2D eigenvalue weighted by molar-refractivity contribution is 7.14. The van der Waals surface area contributed by atoms with E-state index in [1.807, 2.05) is 15.9 Å². The minimum Gasteiger partial charge on any atom is -0.335 e. The van der Waals surface area contributed by atoms with E-state index in [9.17, 15) is 9.59 Å². The summed E-state index contributed by atoms with van der Waals surface area (Å²) in [6, 6.07) is 9.02. The molecule has 0 N–H and O–H groups in total. The summed E-state index contributed by atoms with van der Waals surface area (Å²) in [7, 11) is 0. The van der Waals surface area contributed by atoms with Gasteiger partial charge in [0.05, 0.1) is 4.88 Å². The van der Waals surface area contributed by atoms with Crippen LogP contribution in [0.15, 0.2) is 30.3 Å². The average molecular weight is 446 g/mol. The fourth-order valence-electron chi connectivity index (χ4n) is 4.19. The van der Waals surface area contributed by atoms with Crippen molar-refractivity contribution in [2.75, 3.05) is 39.3 Å². The highest BCUT2D eigenvalue weighted by Gasteiger charge is 2.28. The Bertz CT molecular complexity index is 917. The molecule has 0 saturated carbocycles. The summed E-state index contributed by atoms with van der Waals surface area (Å²) in [6.45, 7) is 10.2. The van der Waals surface area contributed by atoms with Gasteiger partial charge in [0.15, 0.2) is 0 Å². The van der Waals surface area contributed by atoms with E-state index in [0.717, 1.165) is 49.6 Å². The van der Waals surface area contributed by atoms with Crippen molar-refractivity contribution in [3.05, 3.63) is 56.2 Å². The number of hydrogen-bond acceptors (Lipinski definition) is 4. The van der Waals surface area contributed by atoms with Crippen molar-refractivity contribution < 1.29 is 9.59 Å². The Morgan fingerprint density at radius 3 is 2.37 bits per heavy atom. The Balaban J connectivity index is 1.39. The van der Waals surface area contributed by atoms with Crippen LogP contribution in [0, 0.1) is 5.92 Å². The first-order valence-electron chi connectivity index (χ1n) is 10.6. The van der Waals surface area contributed by atoms with Gasteiger partial charge >= 0.3 is 0 Å². The number of nitrogens with zero attached hydrogens (tertiary/aromatic N) is 3. The summed E-state index contributed by atoms with van der Waals surface area (Å²) in [6.07, 6.45) is 0.800. The Kier molecular flexibility index (Phi) is 6.46. The molecule has 3 heterocycles. The van der Waals surface area contributed by atoms with E-state index in [1.54, 1.807) is 35.6 Å². The van der Waals surface area contributed by atoms with Crippen LogP contribution < -0.4 is 0 Å². The molecular weight excluding hydrogens is 418 g/mol. The highest BCUT2D eigenvalue weighted by Crippen LogP contribution is 2.30. The number of carbonyl (C=O) groups excluding carboxylic acids is 2. The predicted octanol–water partition coefficient (Wildman–Crippen LogP) is 4.01. The number of amides is 2. The van der Waals surface area contributed by atoms with Crippen LogP contribution in [0.1, 0.15) is 44.3 Å².